The molecule has 0 fully saturated rings. The molecule has 0 spiro atoms. The van der Waals surface area contributed by atoms with Crippen LogP contribution in [-0.4, -0.2) is 54.0 Å². The van der Waals surface area contributed by atoms with Crippen molar-refractivity contribution in [2.75, 3.05) is 0 Å². The lowest BCUT2D eigenvalue weighted by molar-refractivity contribution is 1.07. The van der Waals surface area contributed by atoms with Gasteiger partial charge in [-0.05, 0) is 102 Å². The molecule has 13 heteroatoms. The van der Waals surface area contributed by atoms with Crippen molar-refractivity contribution in [3.05, 3.63) is 314 Å². The summed E-state index contributed by atoms with van der Waals surface area (Å²) in [5.41, 5.74) is 15.2. The number of para-hydroxylation sites is 2. The molecule has 0 unspecified atom stereocenters. The summed E-state index contributed by atoms with van der Waals surface area (Å²) in [4.78, 5) is 49.8. The van der Waals surface area contributed by atoms with Crippen LogP contribution in [0.2, 0.25) is 0 Å². The summed E-state index contributed by atoms with van der Waals surface area (Å²) in [6.07, 6.45) is 0. The van der Waals surface area contributed by atoms with E-state index in [-0.39, 0.29) is 0 Å². The molecule has 0 aliphatic carbocycles. The lowest BCUT2D eigenvalue weighted by Crippen LogP contribution is -2.03. The second-order valence-electron chi connectivity index (χ2n) is 23.2. The molecule has 0 radical (unpaired) electrons. The average Bonchev–Trinajstić information content (AvgIpc) is 1.56. The standard InChI is InChI=1S/C83H49N13/c1-85-61-33-21-32-57(46-61)68-50-63(96-72-37-20-18-35-66(72)70-49-59(39-45-74(70)96)81-90-77(54-26-11-4-12-27-54)87-78(91-81)55-28-13-5-14-29-55)41-43-67(68)83-93-79(56-30-15-6-16-31-56)92-82(94-83)64-42-40-62(47-60(64)51-84)95-71-36-19-17-34-65(71)69-48-58(38-44-73(69)95)80-88-75(52-22-7-2-8-23-52)86-76(89-80)53-24-9-3-10-25-53/h2-50H. The first kappa shape index (κ1) is 56.2. The largest absolute Gasteiger partial charge is 0.309 e. The van der Waals surface area contributed by atoms with E-state index in [9.17, 15) is 5.26 Å². The van der Waals surface area contributed by atoms with Crippen molar-refractivity contribution in [1.29, 1.82) is 5.26 Å². The van der Waals surface area contributed by atoms with E-state index in [1.165, 1.54) is 0 Å². The molecule has 0 amide bonds. The van der Waals surface area contributed by atoms with E-state index in [1.54, 1.807) is 6.07 Å². The van der Waals surface area contributed by atoms with Gasteiger partial charge in [-0.1, -0.05) is 206 Å². The van der Waals surface area contributed by atoms with Gasteiger partial charge >= 0.3 is 0 Å². The summed E-state index contributed by atoms with van der Waals surface area (Å²) in [5, 5.41) is 15.4. The number of hydrogen-bond donors (Lipinski definition) is 0. The Kier molecular flexibility index (Phi) is 13.9. The molecule has 0 aliphatic heterocycles. The van der Waals surface area contributed by atoms with Crippen LogP contribution >= 0.6 is 0 Å². The van der Waals surface area contributed by atoms with Gasteiger partial charge in [0.25, 0.3) is 0 Å². The number of nitrogens with zero attached hydrogens (tertiary/aromatic N) is 13. The molecule has 0 saturated carbocycles. The second kappa shape index (κ2) is 23.8. The number of aromatic nitrogens is 11. The van der Waals surface area contributed by atoms with Gasteiger partial charge in [0, 0.05) is 83.0 Å². The molecule has 96 heavy (non-hydrogen) atoms. The zero-order valence-electron chi connectivity index (χ0n) is 51.1. The first-order valence-electron chi connectivity index (χ1n) is 31.3. The number of nitriles is 1. The van der Waals surface area contributed by atoms with E-state index < -0.39 is 0 Å². The fourth-order valence-electron chi connectivity index (χ4n) is 12.8. The van der Waals surface area contributed by atoms with Crippen molar-refractivity contribution in [3.63, 3.8) is 0 Å². The predicted octanol–water partition coefficient (Wildman–Crippen LogP) is 19.5. The van der Waals surface area contributed by atoms with Crippen LogP contribution in [0.3, 0.4) is 0 Å². The van der Waals surface area contributed by atoms with E-state index in [2.05, 4.69) is 98.9 Å². The molecule has 17 rings (SSSR count). The van der Waals surface area contributed by atoms with E-state index in [4.69, 9.17) is 51.4 Å². The van der Waals surface area contributed by atoms with Crippen LogP contribution in [0.4, 0.5) is 5.69 Å². The van der Waals surface area contributed by atoms with E-state index in [0.29, 0.717) is 74.8 Å². The Balaban J connectivity index is 0.790. The highest BCUT2D eigenvalue weighted by Crippen LogP contribution is 2.42. The summed E-state index contributed by atoms with van der Waals surface area (Å²) in [6.45, 7) is 8.12. The van der Waals surface area contributed by atoms with Crippen molar-refractivity contribution >= 4 is 49.3 Å². The third-order valence-electron chi connectivity index (χ3n) is 17.3. The maximum Gasteiger partial charge on any atom is 0.187 e. The van der Waals surface area contributed by atoms with Gasteiger partial charge < -0.3 is 9.13 Å². The lowest BCUT2D eigenvalue weighted by atomic mass is 9.97. The minimum Gasteiger partial charge on any atom is -0.309 e. The van der Waals surface area contributed by atoms with Gasteiger partial charge in [0.1, 0.15) is 0 Å². The smallest absolute Gasteiger partial charge is 0.187 e. The van der Waals surface area contributed by atoms with Crippen molar-refractivity contribution in [2.24, 2.45) is 0 Å². The molecule has 0 N–H and O–H groups in total. The van der Waals surface area contributed by atoms with Crippen molar-refractivity contribution in [1.82, 2.24) is 54.0 Å². The zero-order valence-corrected chi connectivity index (χ0v) is 51.1. The molecule has 0 bridgehead atoms. The summed E-state index contributed by atoms with van der Waals surface area (Å²) >= 11 is 0. The summed E-state index contributed by atoms with van der Waals surface area (Å²) in [7, 11) is 0. The minimum absolute atomic E-state index is 0.323. The molecule has 0 aliphatic rings. The van der Waals surface area contributed by atoms with Gasteiger partial charge in [-0.2, -0.15) is 5.26 Å². The number of rotatable bonds is 12. The van der Waals surface area contributed by atoms with Gasteiger partial charge in [0.05, 0.1) is 40.3 Å². The minimum atomic E-state index is 0.323. The first-order valence-corrected chi connectivity index (χ1v) is 31.3. The van der Waals surface area contributed by atoms with Crippen LogP contribution in [0.25, 0.3) is 173 Å². The highest BCUT2D eigenvalue weighted by molar-refractivity contribution is 6.12. The van der Waals surface area contributed by atoms with Gasteiger partial charge in [0.15, 0.2) is 58.1 Å². The third-order valence-corrected chi connectivity index (χ3v) is 17.3. The van der Waals surface area contributed by atoms with Crippen LogP contribution in [0.5, 0.6) is 0 Å². The molecule has 5 aromatic heterocycles. The molecule has 12 aromatic carbocycles. The second-order valence-corrected chi connectivity index (χ2v) is 23.2. The molecule has 17 aromatic rings. The highest BCUT2D eigenvalue weighted by Gasteiger charge is 2.24. The lowest BCUT2D eigenvalue weighted by Gasteiger charge is -2.16. The average molecular weight is 1230 g/mol. The van der Waals surface area contributed by atoms with E-state index >= 15 is 0 Å². The zero-order chi connectivity index (χ0) is 64.1. The maximum absolute atomic E-state index is 11.3. The third kappa shape index (κ3) is 10.2. The van der Waals surface area contributed by atoms with Gasteiger partial charge in [-0.3, -0.25) is 0 Å². The summed E-state index contributed by atoms with van der Waals surface area (Å²) in [5.74, 6) is 4.59. The number of fused-ring (bicyclic) bond motifs is 6. The van der Waals surface area contributed by atoms with Gasteiger partial charge in [0.2, 0.25) is 0 Å². The molecule has 13 nitrogen and oxygen atoms in total. The van der Waals surface area contributed by atoms with Crippen LogP contribution < -0.4 is 0 Å². The van der Waals surface area contributed by atoms with Crippen LogP contribution in [0, 0.1) is 17.9 Å². The Hall–Kier alpha value is -13.8. The first-order chi connectivity index (χ1) is 47.5. The summed E-state index contributed by atoms with van der Waals surface area (Å²) < 4.78 is 4.45. The van der Waals surface area contributed by atoms with E-state index in [0.717, 1.165) is 105 Å². The molecule has 0 saturated heterocycles. The Morgan fingerprint density at radius 1 is 0.260 bits per heavy atom. The Morgan fingerprint density at radius 2 is 0.604 bits per heavy atom. The van der Waals surface area contributed by atoms with Gasteiger partial charge in [-0.15, -0.1) is 0 Å². The molecule has 5 heterocycles. The van der Waals surface area contributed by atoms with Crippen LogP contribution in [0.1, 0.15) is 5.56 Å². The summed E-state index contributed by atoms with van der Waals surface area (Å²) in [6, 6.07) is 101. The van der Waals surface area contributed by atoms with E-state index in [1.807, 2.05) is 212 Å². The highest BCUT2D eigenvalue weighted by atomic mass is 15.1. The fourth-order valence-corrected chi connectivity index (χ4v) is 12.8. The molecular formula is C83H49N13. The number of hydrogen-bond acceptors (Lipinski definition) is 10. The molecule has 446 valence electrons. The Labute approximate surface area is 550 Å². The predicted molar refractivity (Wildman–Crippen MR) is 381 cm³/mol. The Morgan fingerprint density at radius 3 is 1.03 bits per heavy atom. The SMILES string of the molecule is [C-]#[N+]c1cccc(-c2cc(-n3c4ccccc4c4cc(-c5nc(-c6ccccc6)nc(-c6ccccc6)n5)ccc43)ccc2-c2nc(-c3ccccc3)nc(-c3ccc(-n4c5ccccc5c5cc(-c6nc(-c7ccccc7)nc(-c7ccccc7)n6)ccc54)cc3C#N)n2)c1. The monoisotopic (exact) mass is 1230 g/mol. The molecule has 0 atom stereocenters. The maximum atomic E-state index is 11.3. The normalized spacial score (nSPS) is 11.3. The van der Waals surface area contributed by atoms with Crippen LogP contribution in [0.15, 0.2) is 297 Å². The topological polar surface area (TPSA) is 154 Å². The molecular weight excluding hydrogens is 1180 g/mol. The van der Waals surface area contributed by atoms with Crippen molar-refractivity contribution < 1.29 is 0 Å². The Bertz CT molecular complexity index is 5860. The number of benzene rings is 12. The fraction of sp³-hybridized carbons (Fsp3) is 0. The van der Waals surface area contributed by atoms with Crippen molar-refractivity contribution in [2.45, 2.75) is 0 Å². The van der Waals surface area contributed by atoms with Crippen molar-refractivity contribution in [3.8, 4) is 131 Å². The van der Waals surface area contributed by atoms with Gasteiger partial charge in [-0.25, -0.2) is 49.7 Å². The quantitative estimate of drug-likeness (QED) is 0.108. The van der Waals surface area contributed by atoms with Crippen LogP contribution in [-0.2, 0) is 0 Å².